The van der Waals surface area contributed by atoms with Gasteiger partial charge in [0.2, 0.25) is 0 Å². The van der Waals surface area contributed by atoms with Crippen LogP contribution < -0.4 is 5.32 Å². The highest BCUT2D eigenvalue weighted by atomic mass is 32.2. The van der Waals surface area contributed by atoms with Crippen LogP contribution in [0.5, 0.6) is 0 Å². The van der Waals surface area contributed by atoms with Crippen molar-refractivity contribution < 1.29 is 4.74 Å². The van der Waals surface area contributed by atoms with Gasteiger partial charge in [-0.25, -0.2) is 0 Å². The average Bonchev–Trinajstić information content (AvgIpc) is 2.99. The molecule has 2 aliphatic rings. The summed E-state index contributed by atoms with van der Waals surface area (Å²) in [6.45, 7) is 3.05. The number of fused-ring (bicyclic) bond motifs is 1. The molecule has 2 atom stereocenters. The van der Waals surface area contributed by atoms with E-state index in [0.717, 1.165) is 25.7 Å². The summed E-state index contributed by atoms with van der Waals surface area (Å²) in [4.78, 5) is 1.45. The van der Waals surface area contributed by atoms with E-state index in [9.17, 15) is 0 Å². The Hall–Kier alpha value is -0.510. The molecule has 1 fully saturated rings. The minimum atomic E-state index is 0.554. The minimum Gasteiger partial charge on any atom is -0.381 e. The maximum Gasteiger partial charge on any atom is 0.0495 e. The van der Waals surface area contributed by atoms with Crippen LogP contribution in [-0.4, -0.2) is 25.5 Å². The molecule has 3 heteroatoms. The van der Waals surface area contributed by atoms with Crippen molar-refractivity contribution in [3.63, 3.8) is 0 Å². The van der Waals surface area contributed by atoms with Crippen molar-refractivity contribution in [1.29, 1.82) is 0 Å². The molecule has 1 N–H and O–H groups in total. The van der Waals surface area contributed by atoms with Crippen molar-refractivity contribution in [2.45, 2.75) is 23.8 Å². The van der Waals surface area contributed by atoms with Crippen LogP contribution in [-0.2, 0) is 4.74 Å². The Kier molecular flexibility index (Phi) is 3.69. The predicted molar refractivity (Wildman–Crippen MR) is 71.5 cm³/mol. The average molecular weight is 249 g/mol. The van der Waals surface area contributed by atoms with Gasteiger partial charge in [0.25, 0.3) is 0 Å². The van der Waals surface area contributed by atoms with Gasteiger partial charge in [-0.15, -0.1) is 11.8 Å². The van der Waals surface area contributed by atoms with E-state index < -0.39 is 0 Å². The molecule has 3 rings (SSSR count). The molecule has 0 aromatic heterocycles. The van der Waals surface area contributed by atoms with Gasteiger partial charge in [0.05, 0.1) is 0 Å². The Bertz CT molecular complexity index is 376. The number of nitrogens with one attached hydrogen (secondary N) is 1. The van der Waals surface area contributed by atoms with Crippen molar-refractivity contribution in [2.24, 2.45) is 5.92 Å². The topological polar surface area (TPSA) is 21.3 Å². The molecule has 1 aromatic carbocycles. The SMILES string of the molecule is c1ccc2c(c1)SCC2NCCC1CCOC1. The summed E-state index contributed by atoms with van der Waals surface area (Å²) >= 11 is 1.97. The highest BCUT2D eigenvalue weighted by Crippen LogP contribution is 2.37. The third kappa shape index (κ3) is 2.67. The first-order valence-electron chi connectivity index (χ1n) is 6.46. The van der Waals surface area contributed by atoms with Crippen LogP contribution in [0, 0.1) is 5.92 Å². The van der Waals surface area contributed by atoms with E-state index >= 15 is 0 Å². The Balaban J connectivity index is 1.50. The van der Waals surface area contributed by atoms with Gasteiger partial charge < -0.3 is 10.1 Å². The maximum absolute atomic E-state index is 5.40. The largest absolute Gasteiger partial charge is 0.381 e. The fraction of sp³-hybridized carbons (Fsp3) is 0.571. The Morgan fingerprint density at radius 2 is 2.29 bits per heavy atom. The fourth-order valence-corrected chi connectivity index (χ4v) is 3.80. The van der Waals surface area contributed by atoms with Crippen molar-refractivity contribution in [2.75, 3.05) is 25.5 Å². The normalized spacial score (nSPS) is 27.3. The lowest BCUT2D eigenvalue weighted by Gasteiger charge is -2.14. The molecule has 0 spiro atoms. The number of benzene rings is 1. The van der Waals surface area contributed by atoms with Crippen LogP contribution in [0.4, 0.5) is 0 Å². The van der Waals surface area contributed by atoms with Crippen LogP contribution in [0.15, 0.2) is 29.2 Å². The molecule has 1 aromatic rings. The van der Waals surface area contributed by atoms with Crippen molar-refractivity contribution >= 4 is 11.8 Å². The summed E-state index contributed by atoms with van der Waals surface area (Å²) < 4.78 is 5.40. The van der Waals surface area contributed by atoms with Gasteiger partial charge >= 0.3 is 0 Å². The van der Waals surface area contributed by atoms with Gasteiger partial charge in [0.1, 0.15) is 0 Å². The molecule has 2 nitrogen and oxygen atoms in total. The van der Waals surface area contributed by atoms with Crippen LogP contribution in [0.1, 0.15) is 24.4 Å². The highest BCUT2D eigenvalue weighted by Gasteiger charge is 2.22. The number of thioether (sulfide) groups is 1. The number of ether oxygens (including phenoxy) is 1. The second-order valence-electron chi connectivity index (χ2n) is 4.87. The number of hydrogen-bond donors (Lipinski definition) is 1. The summed E-state index contributed by atoms with van der Waals surface area (Å²) in [7, 11) is 0. The van der Waals surface area contributed by atoms with E-state index in [2.05, 4.69) is 29.6 Å². The summed E-state index contributed by atoms with van der Waals surface area (Å²) in [6, 6.07) is 9.31. The Morgan fingerprint density at radius 3 is 3.18 bits per heavy atom. The molecule has 1 saturated heterocycles. The van der Waals surface area contributed by atoms with E-state index in [1.807, 2.05) is 11.8 Å². The molecule has 0 amide bonds. The van der Waals surface area contributed by atoms with Gasteiger partial charge in [0.15, 0.2) is 0 Å². The van der Waals surface area contributed by atoms with Crippen LogP contribution >= 0.6 is 11.8 Å². The maximum atomic E-state index is 5.40. The van der Waals surface area contributed by atoms with Crippen molar-refractivity contribution in [3.8, 4) is 0 Å². The van der Waals surface area contributed by atoms with E-state index in [0.29, 0.717) is 6.04 Å². The van der Waals surface area contributed by atoms with E-state index in [4.69, 9.17) is 4.74 Å². The minimum absolute atomic E-state index is 0.554. The first-order chi connectivity index (χ1) is 8.43. The standard InChI is InChI=1S/C14H19NOS/c1-2-4-14-12(3-1)13(10-17-14)15-7-5-11-6-8-16-9-11/h1-4,11,13,15H,5-10H2. The lowest BCUT2D eigenvalue weighted by atomic mass is 10.0. The molecule has 2 aliphatic heterocycles. The van der Waals surface area contributed by atoms with Crippen molar-refractivity contribution in [3.05, 3.63) is 29.8 Å². The number of rotatable bonds is 4. The Morgan fingerprint density at radius 1 is 1.35 bits per heavy atom. The molecule has 0 aliphatic carbocycles. The van der Waals surface area contributed by atoms with Crippen LogP contribution in [0.2, 0.25) is 0 Å². The molecule has 0 bridgehead atoms. The third-order valence-corrected chi connectivity index (χ3v) is 4.85. The molecular weight excluding hydrogens is 230 g/mol. The molecule has 92 valence electrons. The number of hydrogen-bond acceptors (Lipinski definition) is 3. The fourth-order valence-electron chi connectivity index (χ4n) is 2.60. The second kappa shape index (κ2) is 5.42. The quantitative estimate of drug-likeness (QED) is 0.886. The zero-order valence-electron chi connectivity index (χ0n) is 10.0. The van der Waals surface area contributed by atoms with E-state index in [1.54, 1.807) is 0 Å². The predicted octanol–water partition coefficient (Wildman–Crippen LogP) is 2.85. The highest BCUT2D eigenvalue weighted by molar-refractivity contribution is 7.99. The Labute approximate surface area is 107 Å². The van der Waals surface area contributed by atoms with Crippen LogP contribution in [0.25, 0.3) is 0 Å². The molecule has 0 radical (unpaired) electrons. The lowest BCUT2D eigenvalue weighted by Crippen LogP contribution is -2.24. The van der Waals surface area contributed by atoms with Crippen molar-refractivity contribution in [1.82, 2.24) is 5.32 Å². The van der Waals surface area contributed by atoms with Gasteiger partial charge in [-0.1, -0.05) is 18.2 Å². The van der Waals surface area contributed by atoms with Gasteiger partial charge in [-0.05, 0) is 36.9 Å². The zero-order chi connectivity index (χ0) is 11.5. The summed E-state index contributed by atoms with van der Waals surface area (Å²) in [5.41, 5.74) is 1.49. The molecule has 2 unspecified atom stereocenters. The van der Waals surface area contributed by atoms with Gasteiger partial charge in [0, 0.05) is 29.9 Å². The summed E-state index contributed by atoms with van der Waals surface area (Å²) in [5.74, 6) is 1.97. The van der Waals surface area contributed by atoms with Gasteiger partial charge in [-0.3, -0.25) is 0 Å². The van der Waals surface area contributed by atoms with Crippen LogP contribution in [0.3, 0.4) is 0 Å². The molecule has 17 heavy (non-hydrogen) atoms. The summed E-state index contributed by atoms with van der Waals surface area (Å²) in [6.07, 6.45) is 2.50. The third-order valence-electron chi connectivity index (χ3n) is 3.67. The smallest absolute Gasteiger partial charge is 0.0495 e. The summed E-state index contributed by atoms with van der Waals surface area (Å²) in [5, 5.41) is 3.69. The van der Waals surface area contributed by atoms with E-state index in [-0.39, 0.29) is 0 Å². The monoisotopic (exact) mass is 249 g/mol. The lowest BCUT2D eigenvalue weighted by molar-refractivity contribution is 0.184. The first-order valence-corrected chi connectivity index (χ1v) is 7.45. The second-order valence-corrected chi connectivity index (χ2v) is 5.94. The van der Waals surface area contributed by atoms with Gasteiger partial charge in [-0.2, -0.15) is 0 Å². The molecular formula is C14H19NOS. The van der Waals surface area contributed by atoms with E-state index in [1.165, 1.54) is 29.1 Å². The molecule has 2 heterocycles. The molecule has 0 saturated carbocycles. The zero-order valence-corrected chi connectivity index (χ0v) is 10.8. The first kappa shape index (κ1) is 11.6.